The molecule has 0 unspecified atom stereocenters. The number of carboxylic acids is 1. The molecule has 0 aromatic rings. The smallest absolute Gasteiger partial charge is 0.411 e. The van der Waals surface area contributed by atoms with Gasteiger partial charge >= 0.3 is 12.1 Å². The Bertz CT molecular complexity index is 529. The number of aliphatic carboxylic acids is 1. The maximum Gasteiger partial charge on any atom is 0.411 e. The maximum atomic E-state index is 12.7. The molecule has 2 rings (SSSR count). The number of ether oxygens (including phenoxy) is 1. The van der Waals surface area contributed by atoms with E-state index in [0.717, 1.165) is 18.9 Å². The summed E-state index contributed by atoms with van der Waals surface area (Å²) in [7, 11) is 0. The molecule has 23 heavy (non-hydrogen) atoms. The first-order valence-corrected chi connectivity index (χ1v) is 7.88. The van der Waals surface area contributed by atoms with Crippen LogP contribution < -0.4 is 0 Å². The largest absolute Gasteiger partial charge is 0.478 e. The highest BCUT2D eigenvalue weighted by molar-refractivity contribution is 5.88. The lowest BCUT2D eigenvalue weighted by Crippen LogP contribution is -2.48. The van der Waals surface area contributed by atoms with Gasteiger partial charge in [0.05, 0.1) is 0 Å². The van der Waals surface area contributed by atoms with Crippen molar-refractivity contribution in [2.45, 2.75) is 51.7 Å². The second-order valence-electron chi connectivity index (χ2n) is 7.00. The van der Waals surface area contributed by atoms with Gasteiger partial charge in [-0.1, -0.05) is 0 Å². The molecule has 7 heteroatoms. The lowest BCUT2D eigenvalue weighted by molar-refractivity contribution is -0.135. The van der Waals surface area contributed by atoms with Gasteiger partial charge in [0.25, 0.3) is 0 Å². The zero-order valence-corrected chi connectivity index (χ0v) is 13.9. The minimum atomic E-state index is -1.07. The highest BCUT2D eigenvalue weighted by Crippen LogP contribution is 2.27. The predicted molar refractivity (Wildman–Crippen MR) is 82.9 cm³/mol. The first-order chi connectivity index (χ1) is 10.7. The van der Waals surface area contributed by atoms with Crippen molar-refractivity contribution >= 4 is 18.0 Å². The van der Waals surface area contributed by atoms with Gasteiger partial charge in [-0.05, 0) is 39.2 Å². The number of rotatable bonds is 2. The summed E-state index contributed by atoms with van der Waals surface area (Å²) in [6, 6.07) is -0.673. The van der Waals surface area contributed by atoms with Gasteiger partial charge in [-0.3, -0.25) is 9.69 Å². The Labute approximate surface area is 135 Å². The lowest BCUT2D eigenvalue weighted by atomic mass is 10.1. The van der Waals surface area contributed by atoms with Crippen molar-refractivity contribution in [2.24, 2.45) is 0 Å². The summed E-state index contributed by atoms with van der Waals surface area (Å²) in [5.41, 5.74) is -0.113. The van der Waals surface area contributed by atoms with Gasteiger partial charge in [-0.15, -0.1) is 0 Å². The van der Waals surface area contributed by atoms with Gasteiger partial charge in [-0.25, -0.2) is 9.59 Å². The highest BCUT2D eigenvalue weighted by atomic mass is 16.6. The standard InChI is InChI=1S/C16H24N2O5/c1-16(2,3)23-15(22)18-10-11(9-13(19)20)8-12(18)14(21)17-6-4-5-7-17/h9,12H,4-8,10H2,1-3H3,(H,19,20)/b11-9-/t12-/m0/s1. The minimum Gasteiger partial charge on any atom is -0.478 e. The minimum absolute atomic E-state index is 0.117. The van der Waals surface area contributed by atoms with Crippen molar-refractivity contribution < 1.29 is 24.2 Å². The zero-order chi connectivity index (χ0) is 17.2. The molecular weight excluding hydrogens is 300 g/mol. The molecule has 2 amide bonds. The molecule has 0 bridgehead atoms. The third kappa shape index (κ3) is 4.46. The quantitative estimate of drug-likeness (QED) is 0.780. The molecule has 2 fully saturated rings. The van der Waals surface area contributed by atoms with Crippen molar-refractivity contribution in [3.8, 4) is 0 Å². The normalized spacial score (nSPS) is 23.4. The maximum absolute atomic E-state index is 12.7. The molecular formula is C16H24N2O5. The zero-order valence-electron chi connectivity index (χ0n) is 13.9. The molecule has 2 heterocycles. The van der Waals surface area contributed by atoms with Gasteiger partial charge < -0.3 is 14.7 Å². The number of carbonyl (C=O) groups excluding carboxylic acids is 2. The Morgan fingerprint density at radius 2 is 1.83 bits per heavy atom. The number of likely N-dealkylation sites (tertiary alicyclic amines) is 2. The SMILES string of the molecule is CC(C)(C)OC(=O)N1C/C(=C\C(=O)O)C[C@H]1C(=O)N1CCCC1. The molecule has 2 aliphatic rings. The third-order valence-corrected chi connectivity index (χ3v) is 3.86. The third-order valence-electron chi connectivity index (χ3n) is 3.86. The summed E-state index contributed by atoms with van der Waals surface area (Å²) >= 11 is 0. The Morgan fingerprint density at radius 1 is 1.22 bits per heavy atom. The van der Waals surface area contributed by atoms with Crippen LogP contribution in [-0.2, 0) is 14.3 Å². The number of hydrogen-bond acceptors (Lipinski definition) is 4. The number of carboxylic acid groups (broad SMARTS) is 1. The number of hydrogen-bond donors (Lipinski definition) is 1. The van der Waals surface area contributed by atoms with E-state index in [1.165, 1.54) is 4.90 Å². The average molecular weight is 324 g/mol. The molecule has 0 radical (unpaired) electrons. The van der Waals surface area contributed by atoms with E-state index in [-0.39, 0.29) is 18.9 Å². The second kappa shape index (κ2) is 6.60. The van der Waals surface area contributed by atoms with Gasteiger partial charge in [0.15, 0.2) is 0 Å². The average Bonchev–Trinajstić information content (AvgIpc) is 3.03. The summed E-state index contributed by atoms with van der Waals surface area (Å²) in [6.07, 6.45) is 2.67. The fourth-order valence-electron chi connectivity index (χ4n) is 2.91. The number of amides is 2. The highest BCUT2D eigenvalue weighted by Gasteiger charge is 2.41. The summed E-state index contributed by atoms with van der Waals surface area (Å²) < 4.78 is 5.36. The Hall–Kier alpha value is -2.05. The summed E-state index contributed by atoms with van der Waals surface area (Å²) in [5, 5.41) is 8.92. The second-order valence-corrected chi connectivity index (χ2v) is 7.00. The van der Waals surface area contributed by atoms with Crippen LogP contribution in [0.5, 0.6) is 0 Å². The number of nitrogens with zero attached hydrogens (tertiary/aromatic N) is 2. The molecule has 0 aromatic heterocycles. The van der Waals surface area contributed by atoms with Crippen LogP contribution in [0.1, 0.15) is 40.0 Å². The van der Waals surface area contributed by atoms with E-state index in [1.54, 1.807) is 25.7 Å². The van der Waals surface area contributed by atoms with Crippen molar-refractivity contribution in [3.63, 3.8) is 0 Å². The van der Waals surface area contributed by atoms with Crippen LogP contribution in [0.4, 0.5) is 4.79 Å². The molecule has 2 saturated heterocycles. The van der Waals surface area contributed by atoms with Crippen molar-refractivity contribution in [3.05, 3.63) is 11.6 Å². The summed E-state index contributed by atoms with van der Waals surface area (Å²) in [6.45, 7) is 6.77. The Balaban J connectivity index is 2.18. The summed E-state index contributed by atoms with van der Waals surface area (Å²) in [5.74, 6) is -1.19. The first-order valence-electron chi connectivity index (χ1n) is 7.88. The lowest BCUT2D eigenvalue weighted by Gasteiger charge is -2.29. The van der Waals surface area contributed by atoms with Crippen LogP contribution >= 0.6 is 0 Å². The van der Waals surface area contributed by atoms with Gasteiger partial charge in [-0.2, -0.15) is 0 Å². The van der Waals surface area contributed by atoms with E-state index >= 15 is 0 Å². The van der Waals surface area contributed by atoms with Crippen molar-refractivity contribution in [1.29, 1.82) is 0 Å². The summed E-state index contributed by atoms with van der Waals surface area (Å²) in [4.78, 5) is 39.0. The monoisotopic (exact) mass is 324 g/mol. The van der Waals surface area contributed by atoms with Crippen LogP contribution in [-0.4, -0.2) is 64.2 Å². The molecule has 128 valence electrons. The molecule has 7 nitrogen and oxygen atoms in total. The molecule has 1 N–H and O–H groups in total. The van der Waals surface area contributed by atoms with E-state index in [9.17, 15) is 14.4 Å². The fourth-order valence-corrected chi connectivity index (χ4v) is 2.91. The van der Waals surface area contributed by atoms with Crippen LogP contribution in [0.2, 0.25) is 0 Å². The topological polar surface area (TPSA) is 87.1 Å². The van der Waals surface area contributed by atoms with E-state index < -0.39 is 23.7 Å². The van der Waals surface area contributed by atoms with Crippen molar-refractivity contribution in [2.75, 3.05) is 19.6 Å². The Kier molecular flexibility index (Phi) is 4.97. The van der Waals surface area contributed by atoms with E-state index in [2.05, 4.69) is 0 Å². The van der Waals surface area contributed by atoms with Gasteiger partial charge in [0.1, 0.15) is 11.6 Å². The van der Waals surface area contributed by atoms with E-state index in [0.29, 0.717) is 18.7 Å². The molecule has 0 spiro atoms. The van der Waals surface area contributed by atoms with Crippen LogP contribution in [0.3, 0.4) is 0 Å². The van der Waals surface area contributed by atoms with Gasteiger partial charge in [0.2, 0.25) is 5.91 Å². The first kappa shape index (κ1) is 17.3. The Morgan fingerprint density at radius 3 is 2.35 bits per heavy atom. The molecule has 1 atom stereocenters. The number of carbonyl (C=O) groups is 3. The molecule has 0 saturated carbocycles. The van der Waals surface area contributed by atoms with Gasteiger partial charge in [0, 0.05) is 32.1 Å². The van der Waals surface area contributed by atoms with Crippen LogP contribution in [0.15, 0.2) is 11.6 Å². The molecule has 0 aliphatic carbocycles. The van der Waals surface area contributed by atoms with E-state index in [4.69, 9.17) is 9.84 Å². The fraction of sp³-hybridized carbons (Fsp3) is 0.688. The predicted octanol–water partition coefficient (Wildman–Crippen LogP) is 1.63. The van der Waals surface area contributed by atoms with Crippen LogP contribution in [0, 0.1) is 0 Å². The molecule has 2 aliphatic heterocycles. The molecule has 0 aromatic carbocycles. The van der Waals surface area contributed by atoms with Crippen LogP contribution in [0.25, 0.3) is 0 Å². The van der Waals surface area contributed by atoms with Crippen molar-refractivity contribution in [1.82, 2.24) is 9.80 Å². The van der Waals surface area contributed by atoms with E-state index in [1.807, 2.05) is 0 Å².